The van der Waals surface area contributed by atoms with E-state index in [9.17, 15) is 0 Å². The third-order valence-electron chi connectivity index (χ3n) is 3.36. The predicted octanol–water partition coefficient (Wildman–Crippen LogP) is 3.77. The van der Waals surface area contributed by atoms with E-state index in [-0.39, 0.29) is 0 Å². The van der Waals surface area contributed by atoms with Crippen LogP contribution in [0.3, 0.4) is 0 Å². The van der Waals surface area contributed by atoms with Crippen LogP contribution >= 0.6 is 11.8 Å². The quantitative estimate of drug-likeness (QED) is 0.814. The lowest BCUT2D eigenvalue weighted by molar-refractivity contribution is 0.394. The zero-order valence-corrected chi connectivity index (χ0v) is 11.0. The van der Waals surface area contributed by atoms with E-state index < -0.39 is 0 Å². The normalized spacial score (nSPS) is 24.2. The van der Waals surface area contributed by atoms with Gasteiger partial charge in [-0.1, -0.05) is 25.8 Å². The molecular weight excluding hydrogens is 228 g/mol. The van der Waals surface area contributed by atoms with E-state index in [2.05, 4.69) is 18.0 Å². The monoisotopic (exact) mass is 246 g/mol. The molecule has 90 valence electrons. The molecule has 0 spiro atoms. The summed E-state index contributed by atoms with van der Waals surface area (Å²) in [6, 6.07) is 6.10. The average Bonchev–Trinajstić information content (AvgIpc) is 2.37. The van der Waals surface area contributed by atoms with Gasteiger partial charge in [0.1, 0.15) is 11.8 Å². The zero-order chi connectivity index (χ0) is 12.1. The first kappa shape index (κ1) is 12.4. The average molecular weight is 246 g/mol. The van der Waals surface area contributed by atoms with Crippen molar-refractivity contribution in [3.05, 3.63) is 29.6 Å². The van der Waals surface area contributed by atoms with Crippen LogP contribution in [0.15, 0.2) is 18.3 Å². The minimum absolute atomic E-state index is 0.587. The van der Waals surface area contributed by atoms with Crippen LogP contribution in [0.5, 0.6) is 0 Å². The number of aromatic nitrogens is 1. The smallest absolute Gasteiger partial charge is 0.144 e. The van der Waals surface area contributed by atoms with Crippen molar-refractivity contribution in [3.63, 3.8) is 0 Å². The highest BCUT2D eigenvalue weighted by atomic mass is 32.2. The Labute approximate surface area is 107 Å². The Morgan fingerprint density at radius 3 is 3.18 bits per heavy atom. The second-order valence-corrected chi connectivity index (χ2v) is 6.12. The molecule has 1 aromatic heterocycles. The van der Waals surface area contributed by atoms with E-state index in [1.54, 1.807) is 6.20 Å². The van der Waals surface area contributed by atoms with Crippen molar-refractivity contribution in [2.75, 3.05) is 0 Å². The van der Waals surface area contributed by atoms with E-state index in [1.165, 1.54) is 25.7 Å². The summed E-state index contributed by atoms with van der Waals surface area (Å²) < 4.78 is 0. The maximum Gasteiger partial charge on any atom is 0.144 e. The van der Waals surface area contributed by atoms with E-state index in [4.69, 9.17) is 5.26 Å². The van der Waals surface area contributed by atoms with Gasteiger partial charge < -0.3 is 0 Å². The first-order valence-corrected chi connectivity index (χ1v) is 7.30. The molecule has 0 amide bonds. The van der Waals surface area contributed by atoms with E-state index in [0.717, 1.165) is 22.5 Å². The van der Waals surface area contributed by atoms with Crippen molar-refractivity contribution in [2.24, 2.45) is 5.92 Å². The van der Waals surface area contributed by atoms with Crippen LogP contribution in [0.1, 0.15) is 43.9 Å². The molecule has 2 rings (SSSR count). The summed E-state index contributed by atoms with van der Waals surface area (Å²) in [6.45, 7) is 2.34. The van der Waals surface area contributed by atoms with Gasteiger partial charge in [-0.25, -0.2) is 4.98 Å². The molecule has 2 unspecified atom stereocenters. The first-order chi connectivity index (χ1) is 8.29. The lowest BCUT2D eigenvalue weighted by atomic mass is 9.91. The van der Waals surface area contributed by atoms with Gasteiger partial charge in [0, 0.05) is 17.2 Å². The Balaban J connectivity index is 1.91. The first-order valence-electron chi connectivity index (χ1n) is 6.25. The SMILES string of the molecule is CC1CCCC(SCc2cccnc2C#N)C1. The molecule has 0 radical (unpaired) electrons. The number of pyridine rings is 1. The molecule has 2 nitrogen and oxygen atoms in total. The maximum absolute atomic E-state index is 8.98. The predicted molar refractivity (Wildman–Crippen MR) is 71.7 cm³/mol. The summed E-state index contributed by atoms with van der Waals surface area (Å²) in [5.41, 5.74) is 1.67. The molecule has 1 aliphatic rings. The van der Waals surface area contributed by atoms with Gasteiger partial charge in [0.05, 0.1) is 0 Å². The highest BCUT2D eigenvalue weighted by Crippen LogP contribution is 2.33. The molecule has 0 aliphatic heterocycles. The van der Waals surface area contributed by atoms with Gasteiger partial charge in [-0.2, -0.15) is 17.0 Å². The molecule has 0 saturated heterocycles. The fourth-order valence-electron chi connectivity index (χ4n) is 2.39. The molecule has 1 heterocycles. The molecular formula is C14H18N2S. The van der Waals surface area contributed by atoms with Gasteiger partial charge in [-0.05, 0) is 30.4 Å². The van der Waals surface area contributed by atoms with Gasteiger partial charge in [0.15, 0.2) is 0 Å². The van der Waals surface area contributed by atoms with Crippen LogP contribution in [0.4, 0.5) is 0 Å². The van der Waals surface area contributed by atoms with Crippen molar-refractivity contribution in [3.8, 4) is 6.07 Å². The van der Waals surface area contributed by atoms with Crippen LogP contribution in [0.2, 0.25) is 0 Å². The molecule has 1 aliphatic carbocycles. The number of rotatable bonds is 3. The molecule has 0 N–H and O–H groups in total. The van der Waals surface area contributed by atoms with Crippen molar-refractivity contribution >= 4 is 11.8 Å². The summed E-state index contributed by atoms with van der Waals surface area (Å²) in [5.74, 6) is 1.79. The number of hydrogen-bond acceptors (Lipinski definition) is 3. The van der Waals surface area contributed by atoms with Crippen LogP contribution < -0.4 is 0 Å². The van der Waals surface area contributed by atoms with Crippen molar-refractivity contribution in [1.29, 1.82) is 5.26 Å². The van der Waals surface area contributed by atoms with Crippen molar-refractivity contribution in [1.82, 2.24) is 4.98 Å². The third-order valence-corrected chi connectivity index (χ3v) is 4.74. The standard InChI is InChI=1S/C14H18N2S/c1-11-4-2-6-13(8-11)17-10-12-5-3-7-16-14(12)9-15/h3,5,7,11,13H,2,4,6,8,10H2,1H3. The topological polar surface area (TPSA) is 36.7 Å². The fraction of sp³-hybridized carbons (Fsp3) is 0.571. The lowest BCUT2D eigenvalue weighted by Gasteiger charge is -2.26. The second kappa shape index (κ2) is 6.07. The van der Waals surface area contributed by atoms with E-state index in [1.807, 2.05) is 23.9 Å². The molecule has 1 saturated carbocycles. The molecule has 0 bridgehead atoms. The van der Waals surface area contributed by atoms with Gasteiger partial charge in [0.25, 0.3) is 0 Å². The zero-order valence-electron chi connectivity index (χ0n) is 10.2. The number of thioether (sulfide) groups is 1. The highest BCUT2D eigenvalue weighted by Gasteiger charge is 2.19. The van der Waals surface area contributed by atoms with E-state index >= 15 is 0 Å². The largest absolute Gasteiger partial charge is 0.245 e. The maximum atomic E-state index is 8.98. The fourth-order valence-corrected chi connectivity index (χ4v) is 3.84. The number of nitriles is 1. The molecule has 3 heteroatoms. The number of hydrogen-bond donors (Lipinski definition) is 0. The van der Waals surface area contributed by atoms with Gasteiger partial charge >= 0.3 is 0 Å². The third kappa shape index (κ3) is 3.47. The van der Waals surface area contributed by atoms with Gasteiger partial charge in [-0.15, -0.1) is 0 Å². The summed E-state index contributed by atoms with van der Waals surface area (Å²) in [5, 5.41) is 9.74. The Hall–Kier alpha value is -1.01. The van der Waals surface area contributed by atoms with Gasteiger partial charge in [0.2, 0.25) is 0 Å². The Bertz CT molecular complexity index is 411. The van der Waals surface area contributed by atoms with Crippen LogP contribution in [0.25, 0.3) is 0 Å². The Kier molecular flexibility index (Phi) is 4.44. The minimum atomic E-state index is 0.587. The van der Waals surface area contributed by atoms with Crippen LogP contribution in [0, 0.1) is 17.2 Å². The van der Waals surface area contributed by atoms with Crippen molar-refractivity contribution < 1.29 is 0 Å². The summed E-state index contributed by atoms with van der Waals surface area (Å²) in [6.07, 6.45) is 7.09. The summed E-state index contributed by atoms with van der Waals surface area (Å²) in [7, 11) is 0. The molecule has 2 atom stereocenters. The van der Waals surface area contributed by atoms with Crippen LogP contribution in [-0.4, -0.2) is 10.2 Å². The van der Waals surface area contributed by atoms with Crippen LogP contribution in [-0.2, 0) is 5.75 Å². The molecule has 0 aromatic carbocycles. The molecule has 1 aromatic rings. The van der Waals surface area contributed by atoms with E-state index in [0.29, 0.717) is 5.69 Å². The highest BCUT2D eigenvalue weighted by molar-refractivity contribution is 7.99. The Morgan fingerprint density at radius 2 is 2.41 bits per heavy atom. The number of nitrogens with zero attached hydrogens (tertiary/aromatic N) is 2. The minimum Gasteiger partial charge on any atom is -0.245 e. The van der Waals surface area contributed by atoms with Gasteiger partial charge in [-0.3, -0.25) is 0 Å². The summed E-state index contributed by atoms with van der Waals surface area (Å²) in [4.78, 5) is 4.10. The molecule has 17 heavy (non-hydrogen) atoms. The summed E-state index contributed by atoms with van der Waals surface area (Å²) >= 11 is 1.99. The lowest BCUT2D eigenvalue weighted by Crippen LogP contribution is -2.15. The molecule has 1 fully saturated rings. The second-order valence-electron chi connectivity index (χ2n) is 4.83. The van der Waals surface area contributed by atoms with Crippen molar-refractivity contribution in [2.45, 2.75) is 43.6 Å². The Morgan fingerprint density at radius 1 is 1.53 bits per heavy atom.